The Hall–Kier alpha value is -2.21. The highest BCUT2D eigenvalue weighted by Gasteiger charge is 2.08. The molecular formula is C18H13IN2O. The Morgan fingerprint density at radius 1 is 0.955 bits per heavy atom. The number of benzene rings is 3. The number of hydrogen-bond acceptors (Lipinski definition) is 2. The van der Waals surface area contributed by atoms with E-state index in [-0.39, 0.29) is 5.91 Å². The molecule has 0 aromatic heterocycles. The summed E-state index contributed by atoms with van der Waals surface area (Å²) in [6, 6.07) is 21.3. The first-order valence-corrected chi connectivity index (χ1v) is 7.89. The van der Waals surface area contributed by atoms with Crippen LogP contribution in [0.3, 0.4) is 0 Å². The highest BCUT2D eigenvalue weighted by Crippen LogP contribution is 2.18. The Balaban J connectivity index is 1.81. The summed E-state index contributed by atoms with van der Waals surface area (Å²) in [6.45, 7) is 0. The van der Waals surface area contributed by atoms with Crippen molar-refractivity contribution in [3.8, 4) is 0 Å². The molecule has 3 aromatic rings. The van der Waals surface area contributed by atoms with Gasteiger partial charge in [0.1, 0.15) is 0 Å². The maximum absolute atomic E-state index is 12.3. The lowest BCUT2D eigenvalue weighted by atomic mass is 10.0. The van der Waals surface area contributed by atoms with E-state index in [2.05, 4.69) is 33.1 Å². The summed E-state index contributed by atoms with van der Waals surface area (Å²) in [5.41, 5.74) is 4.19. The van der Waals surface area contributed by atoms with Crippen molar-refractivity contribution >= 4 is 45.5 Å². The molecule has 0 saturated heterocycles. The molecule has 3 aromatic carbocycles. The van der Waals surface area contributed by atoms with Crippen LogP contribution in [0, 0.1) is 3.57 Å². The summed E-state index contributed by atoms with van der Waals surface area (Å²) in [5, 5.41) is 6.02. The van der Waals surface area contributed by atoms with Crippen molar-refractivity contribution in [2.24, 2.45) is 5.10 Å². The number of nitrogens with zero attached hydrogens (tertiary/aromatic N) is 1. The van der Waals surface area contributed by atoms with Gasteiger partial charge in [0.15, 0.2) is 0 Å². The average molecular weight is 400 g/mol. The lowest BCUT2D eigenvalue weighted by Gasteiger charge is -2.04. The van der Waals surface area contributed by atoms with Crippen molar-refractivity contribution in [1.29, 1.82) is 0 Å². The summed E-state index contributed by atoms with van der Waals surface area (Å²) in [5.74, 6) is -0.209. The molecule has 0 fully saturated rings. The van der Waals surface area contributed by atoms with Crippen LogP contribution in [0.25, 0.3) is 10.8 Å². The molecule has 0 bridgehead atoms. The first kappa shape index (κ1) is 14.7. The number of carbonyl (C=O) groups excluding carboxylic acids is 1. The van der Waals surface area contributed by atoms with Crippen LogP contribution in [0.15, 0.2) is 71.8 Å². The average Bonchev–Trinajstić information content (AvgIpc) is 2.56. The highest BCUT2D eigenvalue weighted by molar-refractivity contribution is 14.1. The molecule has 1 amide bonds. The third-order valence-corrected chi connectivity index (χ3v) is 4.29. The van der Waals surface area contributed by atoms with Crippen LogP contribution in [0.1, 0.15) is 15.9 Å². The molecule has 3 nitrogen and oxygen atoms in total. The van der Waals surface area contributed by atoms with Gasteiger partial charge in [-0.05, 0) is 45.5 Å². The summed E-state index contributed by atoms with van der Waals surface area (Å²) < 4.78 is 1.09. The molecule has 0 unspecified atom stereocenters. The number of hydrazone groups is 1. The smallest absolute Gasteiger partial charge is 0.267 e. The van der Waals surface area contributed by atoms with Crippen LogP contribution in [0.4, 0.5) is 0 Å². The Labute approximate surface area is 142 Å². The molecule has 4 heteroatoms. The number of rotatable bonds is 3. The van der Waals surface area contributed by atoms with E-state index >= 15 is 0 Å². The molecule has 0 aliphatic carbocycles. The maximum atomic E-state index is 12.3. The number of amides is 1. The van der Waals surface area contributed by atoms with E-state index in [0.29, 0.717) is 5.56 Å². The zero-order valence-electron chi connectivity index (χ0n) is 11.7. The predicted molar refractivity (Wildman–Crippen MR) is 98.2 cm³/mol. The second kappa shape index (κ2) is 6.70. The minimum Gasteiger partial charge on any atom is -0.267 e. The van der Waals surface area contributed by atoms with Crippen LogP contribution in [0.2, 0.25) is 0 Å². The van der Waals surface area contributed by atoms with E-state index in [1.54, 1.807) is 12.3 Å². The third kappa shape index (κ3) is 3.17. The summed E-state index contributed by atoms with van der Waals surface area (Å²) in [6.07, 6.45) is 1.66. The zero-order chi connectivity index (χ0) is 15.4. The number of carbonyl (C=O) groups is 1. The van der Waals surface area contributed by atoms with Crippen molar-refractivity contribution in [2.75, 3.05) is 0 Å². The number of fused-ring (bicyclic) bond motifs is 1. The van der Waals surface area contributed by atoms with E-state index < -0.39 is 0 Å². The van der Waals surface area contributed by atoms with Crippen molar-refractivity contribution in [2.45, 2.75) is 0 Å². The normalized spacial score (nSPS) is 11.0. The predicted octanol–water partition coefficient (Wildman–Crippen LogP) is 4.21. The Morgan fingerprint density at radius 3 is 2.55 bits per heavy atom. The topological polar surface area (TPSA) is 41.5 Å². The van der Waals surface area contributed by atoms with Gasteiger partial charge in [-0.3, -0.25) is 4.79 Å². The molecule has 108 valence electrons. The summed E-state index contributed by atoms with van der Waals surface area (Å²) in [7, 11) is 0. The maximum Gasteiger partial charge on any atom is 0.271 e. The molecule has 0 aliphatic rings. The summed E-state index contributed by atoms with van der Waals surface area (Å²) in [4.78, 5) is 12.3. The SMILES string of the molecule is O=C(NN=Cc1ccccc1I)c1cccc2ccccc12. The second-order valence-corrected chi connectivity index (χ2v) is 5.91. The quantitative estimate of drug-likeness (QED) is 0.400. The van der Waals surface area contributed by atoms with Gasteiger partial charge in [-0.2, -0.15) is 5.10 Å². The van der Waals surface area contributed by atoms with Gasteiger partial charge in [0.05, 0.1) is 6.21 Å². The molecule has 0 atom stereocenters. The monoisotopic (exact) mass is 400 g/mol. The fourth-order valence-electron chi connectivity index (χ4n) is 2.22. The molecule has 0 spiro atoms. The lowest BCUT2D eigenvalue weighted by Crippen LogP contribution is -2.18. The van der Waals surface area contributed by atoms with E-state index in [1.807, 2.05) is 60.7 Å². The number of nitrogens with one attached hydrogen (secondary N) is 1. The van der Waals surface area contributed by atoms with Gasteiger partial charge in [0.25, 0.3) is 5.91 Å². The van der Waals surface area contributed by atoms with Gasteiger partial charge in [-0.25, -0.2) is 5.43 Å². The van der Waals surface area contributed by atoms with Crippen LogP contribution in [0.5, 0.6) is 0 Å². The lowest BCUT2D eigenvalue weighted by molar-refractivity contribution is 0.0957. The molecule has 3 rings (SSSR count). The highest BCUT2D eigenvalue weighted by atomic mass is 127. The van der Waals surface area contributed by atoms with Crippen molar-refractivity contribution < 1.29 is 4.79 Å². The van der Waals surface area contributed by atoms with Gasteiger partial charge < -0.3 is 0 Å². The Kier molecular flexibility index (Phi) is 4.48. The number of halogens is 1. The first-order valence-electron chi connectivity index (χ1n) is 6.81. The molecular weight excluding hydrogens is 387 g/mol. The van der Waals surface area contributed by atoms with Crippen molar-refractivity contribution in [3.63, 3.8) is 0 Å². The van der Waals surface area contributed by atoms with E-state index in [0.717, 1.165) is 19.9 Å². The van der Waals surface area contributed by atoms with Crippen LogP contribution >= 0.6 is 22.6 Å². The molecule has 0 saturated carbocycles. The minimum atomic E-state index is -0.209. The molecule has 1 N–H and O–H groups in total. The Bertz CT molecular complexity index is 853. The molecule has 22 heavy (non-hydrogen) atoms. The van der Waals surface area contributed by atoms with Gasteiger partial charge in [-0.1, -0.05) is 54.6 Å². The number of hydrogen-bond donors (Lipinski definition) is 1. The summed E-state index contributed by atoms with van der Waals surface area (Å²) >= 11 is 2.24. The minimum absolute atomic E-state index is 0.209. The van der Waals surface area contributed by atoms with Gasteiger partial charge in [-0.15, -0.1) is 0 Å². The first-order chi connectivity index (χ1) is 10.8. The molecule has 0 radical (unpaired) electrons. The van der Waals surface area contributed by atoms with E-state index in [1.165, 1.54) is 0 Å². The second-order valence-electron chi connectivity index (χ2n) is 4.75. The zero-order valence-corrected chi connectivity index (χ0v) is 13.8. The Morgan fingerprint density at radius 2 is 1.68 bits per heavy atom. The van der Waals surface area contributed by atoms with Gasteiger partial charge in [0.2, 0.25) is 0 Å². The molecule has 0 heterocycles. The largest absolute Gasteiger partial charge is 0.271 e. The standard InChI is InChI=1S/C18H13IN2O/c19-17-11-4-2-7-14(17)12-20-21-18(22)16-10-5-8-13-6-1-3-9-15(13)16/h1-12H,(H,21,22). The van der Waals surface area contributed by atoms with E-state index in [4.69, 9.17) is 0 Å². The van der Waals surface area contributed by atoms with Crippen molar-refractivity contribution in [3.05, 3.63) is 81.4 Å². The van der Waals surface area contributed by atoms with Crippen LogP contribution in [-0.2, 0) is 0 Å². The van der Waals surface area contributed by atoms with Crippen molar-refractivity contribution in [1.82, 2.24) is 5.43 Å². The molecule has 0 aliphatic heterocycles. The fourth-order valence-corrected chi connectivity index (χ4v) is 2.75. The van der Waals surface area contributed by atoms with E-state index in [9.17, 15) is 4.79 Å². The van der Waals surface area contributed by atoms with Gasteiger partial charge in [0, 0.05) is 14.7 Å². The van der Waals surface area contributed by atoms with Gasteiger partial charge >= 0.3 is 0 Å². The van der Waals surface area contributed by atoms with Crippen LogP contribution < -0.4 is 5.43 Å². The van der Waals surface area contributed by atoms with Crippen LogP contribution in [-0.4, -0.2) is 12.1 Å². The fraction of sp³-hybridized carbons (Fsp3) is 0. The third-order valence-electron chi connectivity index (χ3n) is 3.31.